The number of hydrogen-bond donors (Lipinski definition) is 2. The van der Waals surface area contributed by atoms with E-state index in [0.29, 0.717) is 19.5 Å². The van der Waals surface area contributed by atoms with Gasteiger partial charge < -0.3 is 15.3 Å². The van der Waals surface area contributed by atoms with Crippen molar-refractivity contribution in [3.63, 3.8) is 0 Å². The van der Waals surface area contributed by atoms with Crippen molar-refractivity contribution in [2.75, 3.05) is 24.6 Å². The minimum absolute atomic E-state index is 0.00554. The molecule has 1 aliphatic heterocycles. The number of aliphatic hydroxyl groups is 1. The van der Waals surface area contributed by atoms with Crippen LogP contribution in [0.25, 0.3) is 0 Å². The summed E-state index contributed by atoms with van der Waals surface area (Å²) in [6.07, 6.45) is 1.84. The van der Waals surface area contributed by atoms with E-state index in [0.717, 1.165) is 12.1 Å². The first kappa shape index (κ1) is 18.5. The Morgan fingerprint density at radius 3 is 2.58 bits per heavy atom. The highest BCUT2D eigenvalue weighted by Crippen LogP contribution is 2.26. The van der Waals surface area contributed by atoms with Gasteiger partial charge in [-0.1, -0.05) is 32.9 Å². The van der Waals surface area contributed by atoms with Crippen LogP contribution in [0, 0.1) is 11.3 Å². The highest BCUT2D eigenvalue weighted by molar-refractivity contribution is 6.00. The van der Waals surface area contributed by atoms with E-state index in [9.17, 15) is 9.59 Å². The Labute approximate surface area is 144 Å². The largest absolute Gasteiger partial charge is 0.396 e. The van der Waals surface area contributed by atoms with Gasteiger partial charge in [-0.15, -0.1) is 0 Å². The average molecular weight is 332 g/mol. The zero-order chi connectivity index (χ0) is 17.7. The quantitative estimate of drug-likeness (QED) is 0.803. The van der Waals surface area contributed by atoms with E-state index in [4.69, 9.17) is 5.11 Å². The van der Waals surface area contributed by atoms with Crippen LogP contribution in [0.2, 0.25) is 0 Å². The van der Waals surface area contributed by atoms with Gasteiger partial charge >= 0.3 is 0 Å². The summed E-state index contributed by atoms with van der Waals surface area (Å²) >= 11 is 0. The summed E-state index contributed by atoms with van der Waals surface area (Å²) in [5.74, 6) is -0.399. The summed E-state index contributed by atoms with van der Waals surface area (Å²) in [6, 6.07) is 7.93. The Bertz CT molecular complexity index is 581. The Hall–Kier alpha value is -1.88. The number of hydrogen-bond acceptors (Lipinski definition) is 3. The minimum atomic E-state index is -0.312. The fraction of sp³-hybridized carbons (Fsp3) is 0.579. The standard InChI is InChI=1S/C19H28N2O3/c1-4-14-5-7-16(8-6-14)21-12-15(11-17(21)23)18(24)20-13-19(2,3)9-10-22/h5-8,15,22H,4,9-13H2,1-3H3,(H,20,24). The number of benzene rings is 1. The third kappa shape index (κ3) is 4.57. The maximum Gasteiger partial charge on any atom is 0.227 e. The van der Waals surface area contributed by atoms with E-state index in [-0.39, 0.29) is 36.2 Å². The molecule has 5 nitrogen and oxygen atoms in total. The zero-order valence-electron chi connectivity index (χ0n) is 14.8. The Morgan fingerprint density at radius 1 is 1.33 bits per heavy atom. The first-order valence-corrected chi connectivity index (χ1v) is 8.64. The van der Waals surface area contributed by atoms with Crippen molar-refractivity contribution in [2.24, 2.45) is 11.3 Å². The summed E-state index contributed by atoms with van der Waals surface area (Å²) in [7, 11) is 0. The van der Waals surface area contributed by atoms with Crippen LogP contribution < -0.4 is 10.2 Å². The van der Waals surface area contributed by atoms with Crippen molar-refractivity contribution in [1.29, 1.82) is 0 Å². The fourth-order valence-electron chi connectivity index (χ4n) is 2.91. The van der Waals surface area contributed by atoms with Gasteiger partial charge in [0.05, 0.1) is 5.92 Å². The molecule has 2 N–H and O–H groups in total. The maximum atomic E-state index is 12.4. The van der Waals surface area contributed by atoms with Crippen molar-refractivity contribution in [2.45, 2.75) is 40.0 Å². The van der Waals surface area contributed by atoms with E-state index < -0.39 is 0 Å². The van der Waals surface area contributed by atoms with Crippen LogP contribution in [-0.4, -0.2) is 36.6 Å². The molecule has 1 unspecified atom stereocenters. The molecule has 0 bridgehead atoms. The number of aliphatic hydroxyl groups excluding tert-OH is 1. The molecule has 1 heterocycles. The van der Waals surface area contributed by atoms with E-state index in [1.165, 1.54) is 5.56 Å². The monoisotopic (exact) mass is 332 g/mol. The summed E-state index contributed by atoms with van der Waals surface area (Å²) in [5, 5.41) is 12.0. The number of carbonyl (C=O) groups excluding carboxylic acids is 2. The molecule has 1 atom stereocenters. The lowest BCUT2D eigenvalue weighted by molar-refractivity contribution is -0.126. The number of rotatable bonds is 7. The second-order valence-electron chi connectivity index (χ2n) is 7.28. The Kier molecular flexibility index (Phi) is 5.99. The van der Waals surface area contributed by atoms with Crippen LogP contribution in [0.3, 0.4) is 0 Å². The van der Waals surface area contributed by atoms with E-state index in [1.807, 2.05) is 38.1 Å². The molecule has 1 aliphatic rings. The topological polar surface area (TPSA) is 69.6 Å². The summed E-state index contributed by atoms with van der Waals surface area (Å²) in [4.78, 5) is 26.3. The number of aryl methyl sites for hydroxylation is 1. The van der Waals surface area contributed by atoms with Crippen LogP contribution in [0.15, 0.2) is 24.3 Å². The lowest BCUT2D eigenvalue weighted by Gasteiger charge is -2.24. The average Bonchev–Trinajstić information content (AvgIpc) is 2.95. The molecule has 0 radical (unpaired) electrons. The third-order valence-electron chi connectivity index (χ3n) is 4.68. The van der Waals surface area contributed by atoms with Crippen LogP contribution in [0.5, 0.6) is 0 Å². The molecule has 1 aromatic carbocycles. The Morgan fingerprint density at radius 2 is 2.00 bits per heavy atom. The summed E-state index contributed by atoms with van der Waals surface area (Å²) in [6.45, 7) is 7.13. The molecule has 0 aromatic heterocycles. The number of nitrogens with zero attached hydrogens (tertiary/aromatic N) is 1. The second kappa shape index (κ2) is 7.79. The molecule has 132 valence electrons. The molecule has 2 rings (SSSR count). The van der Waals surface area contributed by atoms with Gasteiger partial charge in [-0.3, -0.25) is 9.59 Å². The first-order chi connectivity index (χ1) is 11.4. The van der Waals surface area contributed by atoms with Crippen molar-refractivity contribution >= 4 is 17.5 Å². The van der Waals surface area contributed by atoms with E-state index in [1.54, 1.807) is 4.90 Å². The predicted octanol–water partition coefficient (Wildman–Crippen LogP) is 2.13. The smallest absolute Gasteiger partial charge is 0.227 e. The van der Waals surface area contributed by atoms with Gasteiger partial charge in [-0.25, -0.2) is 0 Å². The van der Waals surface area contributed by atoms with Crippen molar-refractivity contribution in [3.05, 3.63) is 29.8 Å². The van der Waals surface area contributed by atoms with Crippen LogP contribution in [0.1, 0.15) is 39.2 Å². The highest BCUT2D eigenvalue weighted by atomic mass is 16.3. The van der Waals surface area contributed by atoms with Gasteiger partial charge in [-0.05, 0) is 36.0 Å². The number of nitrogens with one attached hydrogen (secondary N) is 1. The van der Waals surface area contributed by atoms with E-state index >= 15 is 0 Å². The fourth-order valence-corrected chi connectivity index (χ4v) is 2.91. The molecule has 0 saturated carbocycles. The molecule has 0 spiro atoms. The van der Waals surface area contributed by atoms with E-state index in [2.05, 4.69) is 12.2 Å². The van der Waals surface area contributed by atoms with Gasteiger partial charge in [0.25, 0.3) is 0 Å². The van der Waals surface area contributed by atoms with Crippen molar-refractivity contribution in [3.8, 4) is 0 Å². The molecular weight excluding hydrogens is 304 g/mol. The second-order valence-corrected chi connectivity index (χ2v) is 7.28. The van der Waals surface area contributed by atoms with Gasteiger partial charge in [0, 0.05) is 31.8 Å². The number of amides is 2. The van der Waals surface area contributed by atoms with Gasteiger partial charge in [-0.2, -0.15) is 0 Å². The third-order valence-corrected chi connectivity index (χ3v) is 4.68. The normalized spacial score (nSPS) is 18.1. The van der Waals surface area contributed by atoms with Gasteiger partial charge in [0.15, 0.2) is 0 Å². The zero-order valence-corrected chi connectivity index (χ0v) is 14.8. The Balaban J connectivity index is 1.94. The van der Waals surface area contributed by atoms with Crippen LogP contribution in [0.4, 0.5) is 5.69 Å². The molecule has 1 fully saturated rings. The maximum absolute atomic E-state index is 12.4. The highest BCUT2D eigenvalue weighted by Gasteiger charge is 2.35. The molecular formula is C19H28N2O3. The van der Waals surface area contributed by atoms with Crippen LogP contribution >= 0.6 is 0 Å². The molecule has 1 aromatic rings. The molecule has 24 heavy (non-hydrogen) atoms. The SMILES string of the molecule is CCc1ccc(N2CC(C(=O)NCC(C)(C)CCO)CC2=O)cc1. The number of carbonyl (C=O) groups is 2. The number of anilines is 1. The van der Waals surface area contributed by atoms with Crippen molar-refractivity contribution in [1.82, 2.24) is 5.32 Å². The van der Waals surface area contributed by atoms with Crippen molar-refractivity contribution < 1.29 is 14.7 Å². The lowest BCUT2D eigenvalue weighted by Crippen LogP contribution is -2.39. The lowest BCUT2D eigenvalue weighted by atomic mass is 9.89. The molecule has 1 saturated heterocycles. The van der Waals surface area contributed by atoms with Crippen LogP contribution in [-0.2, 0) is 16.0 Å². The van der Waals surface area contributed by atoms with Gasteiger partial charge in [0.1, 0.15) is 0 Å². The molecule has 5 heteroatoms. The minimum Gasteiger partial charge on any atom is -0.396 e. The first-order valence-electron chi connectivity index (χ1n) is 8.64. The summed E-state index contributed by atoms with van der Waals surface area (Å²) < 4.78 is 0. The summed E-state index contributed by atoms with van der Waals surface area (Å²) in [5.41, 5.74) is 1.93. The molecule has 2 amide bonds. The predicted molar refractivity (Wildman–Crippen MR) is 94.8 cm³/mol. The van der Waals surface area contributed by atoms with Gasteiger partial charge in [0.2, 0.25) is 11.8 Å². The molecule has 0 aliphatic carbocycles.